The summed E-state index contributed by atoms with van der Waals surface area (Å²) in [4.78, 5) is 18.4. The van der Waals surface area contributed by atoms with Crippen molar-refractivity contribution >= 4 is 23.5 Å². The second-order valence-electron chi connectivity index (χ2n) is 13.0. The van der Waals surface area contributed by atoms with Crippen molar-refractivity contribution in [1.82, 2.24) is 10.6 Å². The van der Waals surface area contributed by atoms with Crippen molar-refractivity contribution in [3.8, 4) is 0 Å². The quantitative estimate of drug-likeness (QED) is 0.202. The maximum absolute atomic E-state index is 14.2. The third kappa shape index (κ3) is 7.93. The number of rotatable bonds is 11. The fourth-order valence-corrected chi connectivity index (χ4v) is 7.21. The van der Waals surface area contributed by atoms with Crippen molar-refractivity contribution < 1.29 is 13.9 Å². The highest BCUT2D eigenvalue weighted by Crippen LogP contribution is 2.61. The average Bonchev–Trinajstić information content (AvgIpc) is 3.60. The lowest BCUT2D eigenvalue weighted by Crippen LogP contribution is -2.51. The van der Waals surface area contributed by atoms with Crippen LogP contribution in [-0.4, -0.2) is 37.2 Å². The van der Waals surface area contributed by atoms with Gasteiger partial charge in [-0.2, -0.15) is 0 Å². The minimum absolute atomic E-state index is 0.0114. The number of nitrogens with one attached hydrogen (secondary N) is 2. The first-order chi connectivity index (χ1) is 20.0. The Morgan fingerprint density at radius 2 is 1.79 bits per heavy atom. The van der Waals surface area contributed by atoms with Gasteiger partial charge in [-0.05, 0) is 84.5 Å². The smallest absolute Gasteiger partial charge is 0.258 e. The standard InChI is InChI=1S/C35H49ClFN3O2/c1-7-29(35(6)21-23(35)3)24(4)25(5)32(19-22(2)26-11-9-8-10-12-26)39-34(38-28-15-17-42-18-16-28)40-33(41)27-13-14-30(36)31(37)20-27/h8-14,20,22-25,28-29,32H,7,15-19,21H2,1-6H3,(H2,38,39,40,41). The number of hydrogen-bond donors (Lipinski definition) is 2. The van der Waals surface area contributed by atoms with Crippen LogP contribution in [-0.2, 0) is 4.74 Å². The van der Waals surface area contributed by atoms with E-state index in [9.17, 15) is 9.18 Å². The number of guanidine groups is 1. The molecule has 230 valence electrons. The van der Waals surface area contributed by atoms with Gasteiger partial charge in [-0.1, -0.05) is 89.9 Å². The molecule has 2 aliphatic rings. The molecule has 1 aliphatic carbocycles. The normalized spacial score (nSPS) is 24.8. The summed E-state index contributed by atoms with van der Waals surface area (Å²) in [5.74, 6) is 1.87. The van der Waals surface area contributed by atoms with Crippen molar-refractivity contribution in [3.63, 3.8) is 0 Å². The summed E-state index contributed by atoms with van der Waals surface area (Å²) in [6, 6.07) is 14.8. The molecule has 42 heavy (non-hydrogen) atoms. The van der Waals surface area contributed by atoms with E-state index < -0.39 is 11.7 Å². The number of carbonyl (C=O) groups is 1. The van der Waals surface area contributed by atoms with Crippen LogP contribution in [0.25, 0.3) is 0 Å². The minimum Gasteiger partial charge on any atom is -0.381 e. The highest BCUT2D eigenvalue weighted by atomic mass is 35.5. The van der Waals surface area contributed by atoms with Gasteiger partial charge in [0.25, 0.3) is 5.91 Å². The Morgan fingerprint density at radius 3 is 2.38 bits per heavy atom. The van der Waals surface area contributed by atoms with Gasteiger partial charge in [0, 0.05) is 24.8 Å². The summed E-state index contributed by atoms with van der Waals surface area (Å²) >= 11 is 5.88. The van der Waals surface area contributed by atoms with Crippen LogP contribution in [0.4, 0.5) is 4.39 Å². The zero-order valence-electron chi connectivity index (χ0n) is 26.1. The third-order valence-corrected chi connectivity index (χ3v) is 10.6. The van der Waals surface area contributed by atoms with Gasteiger partial charge in [-0.3, -0.25) is 10.1 Å². The van der Waals surface area contributed by atoms with Crippen LogP contribution in [0.3, 0.4) is 0 Å². The molecular formula is C35H49ClFN3O2. The van der Waals surface area contributed by atoms with E-state index >= 15 is 0 Å². The van der Waals surface area contributed by atoms with E-state index in [2.05, 4.69) is 76.4 Å². The fourth-order valence-electron chi connectivity index (χ4n) is 7.09. The molecule has 7 atom stereocenters. The maximum Gasteiger partial charge on any atom is 0.258 e. The van der Waals surface area contributed by atoms with E-state index in [0.29, 0.717) is 48.3 Å². The van der Waals surface area contributed by atoms with Crippen LogP contribution < -0.4 is 10.6 Å². The molecule has 5 nitrogen and oxygen atoms in total. The Hall–Kier alpha value is -2.44. The lowest BCUT2D eigenvalue weighted by molar-refractivity contribution is 0.0867. The number of nitrogens with zero attached hydrogens (tertiary/aromatic N) is 1. The molecule has 1 amide bonds. The van der Waals surface area contributed by atoms with E-state index in [1.165, 1.54) is 30.2 Å². The first-order valence-electron chi connectivity index (χ1n) is 15.8. The van der Waals surface area contributed by atoms with Gasteiger partial charge in [0.05, 0.1) is 11.1 Å². The highest BCUT2D eigenvalue weighted by molar-refractivity contribution is 6.30. The van der Waals surface area contributed by atoms with Crippen LogP contribution in [0.2, 0.25) is 5.02 Å². The van der Waals surface area contributed by atoms with Gasteiger partial charge in [0.15, 0.2) is 5.96 Å². The van der Waals surface area contributed by atoms with Crippen molar-refractivity contribution in [2.24, 2.45) is 34.1 Å². The summed E-state index contributed by atoms with van der Waals surface area (Å²) < 4.78 is 19.8. The van der Waals surface area contributed by atoms with Crippen LogP contribution in [0.1, 0.15) is 95.5 Å². The van der Waals surface area contributed by atoms with Crippen LogP contribution in [0.5, 0.6) is 0 Å². The minimum atomic E-state index is -0.620. The molecule has 7 heteroatoms. The topological polar surface area (TPSA) is 62.7 Å². The molecule has 1 saturated carbocycles. The number of hydrogen-bond acceptors (Lipinski definition) is 3. The number of aliphatic imine (C=N–C) groups is 1. The Labute approximate surface area is 257 Å². The van der Waals surface area contributed by atoms with Crippen molar-refractivity contribution in [1.29, 1.82) is 0 Å². The zero-order chi connectivity index (χ0) is 30.4. The average molecular weight is 598 g/mol. The van der Waals surface area contributed by atoms with Gasteiger partial charge < -0.3 is 10.1 Å². The number of amides is 1. The number of carbonyl (C=O) groups excluding carboxylic acids is 1. The fraction of sp³-hybridized carbons (Fsp3) is 0.600. The molecule has 0 bridgehead atoms. The summed E-state index contributed by atoms with van der Waals surface area (Å²) in [6.45, 7) is 15.5. The molecule has 2 aromatic carbocycles. The number of halogens is 2. The number of ether oxygens (including phenoxy) is 1. The Bertz CT molecular complexity index is 1220. The van der Waals surface area contributed by atoms with E-state index in [1.807, 2.05) is 6.07 Å². The van der Waals surface area contributed by atoms with E-state index in [4.69, 9.17) is 21.3 Å². The third-order valence-electron chi connectivity index (χ3n) is 10.3. The molecule has 7 unspecified atom stereocenters. The lowest BCUT2D eigenvalue weighted by atomic mass is 9.70. The molecule has 2 aromatic rings. The Morgan fingerprint density at radius 1 is 1.12 bits per heavy atom. The molecule has 1 aliphatic heterocycles. The molecule has 2 N–H and O–H groups in total. The second-order valence-corrected chi connectivity index (χ2v) is 13.5. The molecule has 0 aromatic heterocycles. The predicted molar refractivity (Wildman–Crippen MR) is 171 cm³/mol. The molecule has 2 fully saturated rings. The maximum atomic E-state index is 14.2. The van der Waals surface area contributed by atoms with Crippen LogP contribution in [0.15, 0.2) is 53.5 Å². The predicted octanol–water partition coefficient (Wildman–Crippen LogP) is 8.24. The Kier molecular flexibility index (Phi) is 11.1. The zero-order valence-corrected chi connectivity index (χ0v) is 26.9. The summed E-state index contributed by atoms with van der Waals surface area (Å²) in [7, 11) is 0. The van der Waals surface area contributed by atoms with Crippen molar-refractivity contribution in [2.45, 2.75) is 91.6 Å². The molecule has 0 spiro atoms. The van der Waals surface area contributed by atoms with E-state index in [0.717, 1.165) is 31.6 Å². The van der Waals surface area contributed by atoms with Crippen molar-refractivity contribution in [2.75, 3.05) is 13.2 Å². The van der Waals surface area contributed by atoms with Crippen LogP contribution >= 0.6 is 11.6 Å². The van der Waals surface area contributed by atoms with Gasteiger partial charge in [0.1, 0.15) is 5.82 Å². The first kappa shape index (κ1) is 32.5. The van der Waals surface area contributed by atoms with Crippen molar-refractivity contribution in [3.05, 3.63) is 70.5 Å². The molecular weight excluding hydrogens is 549 g/mol. The SMILES string of the molecule is CCC(C(C)C(C)C(CC(C)c1ccccc1)NC(=NC1CCOCC1)NC(=O)c1ccc(Cl)c(F)c1)C1(C)CC1C. The monoisotopic (exact) mass is 597 g/mol. The largest absolute Gasteiger partial charge is 0.381 e. The van der Waals surface area contributed by atoms with E-state index in [1.54, 1.807) is 0 Å². The number of benzene rings is 2. The molecule has 1 heterocycles. The lowest BCUT2D eigenvalue weighted by Gasteiger charge is -2.39. The summed E-state index contributed by atoms with van der Waals surface area (Å²) in [5.41, 5.74) is 1.88. The first-order valence-corrected chi connectivity index (χ1v) is 16.1. The molecule has 0 radical (unpaired) electrons. The Balaban J connectivity index is 1.63. The van der Waals surface area contributed by atoms with Gasteiger partial charge in [-0.25, -0.2) is 9.38 Å². The second kappa shape index (κ2) is 14.4. The highest BCUT2D eigenvalue weighted by Gasteiger charge is 2.53. The summed E-state index contributed by atoms with van der Waals surface area (Å²) in [5, 5.41) is 6.72. The molecule has 4 rings (SSSR count). The van der Waals surface area contributed by atoms with Gasteiger partial charge in [-0.15, -0.1) is 0 Å². The van der Waals surface area contributed by atoms with Crippen LogP contribution in [0, 0.1) is 34.9 Å². The molecule has 1 saturated heterocycles. The van der Waals surface area contributed by atoms with Gasteiger partial charge >= 0.3 is 0 Å². The van der Waals surface area contributed by atoms with E-state index in [-0.39, 0.29) is 22.7 Å². The van der Waals surface area contributed by atoms with Gasteiger partial charge in [0.2, 0.25) is 0 Å². The summed E-state index contributed by atoms with van der Waals surface area (Å²) in [6.07, 6.45) is 4.90.